The molecule has 0 heterocycles. The van der Waals surface area contributed by atoms with E-state index in [-0.39, 0.29) is 24.0 Å². The number of carbonyl (C=O) groups excluding carboxylic acids is 1. The standard InChI is InChI=1S/C8H12O4.C3H6N2O/c1-3-5(7(9)10)6(4-2)8(11)12;1-2-5-3(4)6/h3-4H2,1-2H3,(H,9,10)(H,11,12);2H,1H3,(H2,4,6)/b6-5-;. The quantitative estimate of drug-likeness (QED) is 0.518. The number of aliphatic carboxylic acids is 2. The van der Waals surface area contributed by atoms with Crippen LogP contribution in [0.2, 0.25) is 0 Å². The smallest absolute Gasteiger partial charge is 0.337 e. The van der Waals surface area contributed by atoms with Crippen LogP contribution in [0.5, 0.6) is 0 Å². The van der Waals surface area contributed by atoms with Gasteiger partial charge >= 0.3 is 18.0 Å². The van der Waals surface area contributed by atoms with Gasteiger partial charge in [0.1, 0.15) is 0 Å². The number of carboxylic acids is 2. The number of primary amides is 1. The molecule has 0 radical (unpaired) electrons. The second kappa shape index (κ2) is 10.0. The highest BCUT2D eigenvalue weighted by molar-refractivity contribution is 5.98. The summed E-state index contributed by atoms with van der Waals surface area (Å²) in [6.45, 7) is 4.88. The first-order valence-electron chi connectivity index (χ1n) is 5.28. The summed E-state index contributed by atoms with van der Waals surface area (Å²) in [6.07, 6.45) is 1.83. The normalized spacial score (nSPS) is 11.3. The monoisotopic (exact) mass is 258 g/mol. The van der Waals surface area contributed by atoms with Crippen molar-refractivity contribution < 1.29 is 24.6 Å². The van der Waals surface area contributed by atoms with Crippen molar-refractivity contribution in [2.75, 3.05) is 0 Å². The Labute approximate surface area is 105 Å². The maximum absolute atomic E-state index is 10.5. The molecule has 7 nitrogen and oxygen atoms in total. The number of aliphatic imine (C=N–C) groups is 1. The fourth-order valence-corrected chi connectivity index (χ4v) is 1.11. The molecule has 18 heavy (non-hydrogen) atoms. The molecule has 0 aliphatic carbocycles. The van der Waals surface area contributed by atoms with E-state index < -0.39 is 18.0 Å². The Morgan fingerprint density at radius 2 is 1.39 bits per heavy atom. The Hall–Kier alpha value is -2.18. The Balaban J connectivity index is 0. The predicted molar refractivity (Wildman–Crippen MR) is 66.6 cm³/mol. The summed E-state index contributed by atoms with van der Waals surface area (Å²) >= 11 is 0. The van der Waals surface area contributed by atoms with Gasteiger partial charge in [0, 0.05) is 17.4 Å². The van der Waals surface area contributed by atoms with E-state index in [1.807, 2.05) is 0 Å². The number of carbonyl (C=O) groups is 3. The Bertz CT molecular complexity index is 348. The molecule has 0 aromatic rings. The summed E-state index contributed by atoms with van der Waals surface area (Å²) in [7, 11) is 0. The Morgan fingerprint density at radius 3 is 1.44 bits per heavy atom. The summed E-state index contributed by atoms with van der Waals surface area (Å²) in [5, 5.41) is 17.2. The van der Waals surface area contributed by atoms with Crippen molar-refractivity contribution in [2.24, 2.45) is 10.7 Å². The van der Waals surface area contributed by atoms with Crippen LogP contribution >= 0.6 is 0 Å². The van der Waals surface area contributed by atoms with E-state index in [0.717, 1.165) is 0 Å². The van der Waals surface area contributed by atoms with Crippen LogP contribution in [0.15, 0.2) is 16.1 Å². The van der Waals surface area contributed by atoms with Crippen LogP contribution in [-0.2, 0) is 9.59 Å². The first kappa shape index (κ1) is 18.2. The minimum atomic E-state index is -1.14. The van der Waals surface area contributed by atoms with E-state index in [1.165, 1.54) is 6.21 Å². The molecule has 2 amide bonds. The molecule has 0 spiro atoms. The third-order valence-electron chi connectivity index (χ3n) is 1.84. The van der Waals surface area contributed by atoms with Crippen LogP contribution in [0.4, 0.5) is 4.79 Å². The third kappa shape index (κ3) is 8.03. The first-order chi connectivity index (χ1) is 8.31. The highest BCUT2D eigenvalue weighted by Crippen LogP contribution is 2.12. The summed E-state index contributed by atoms with van der Waals surface area (Å²) in [6, 6.07) is -0.641. The maximum Gasteiger partial charge on any atom is 0.337 e. The van der Waals surface area contributed by atoms with Crippen LogP contribution in [0.3, 0.4) is 0 Å². The molecule has 0 aliphatic heterocycles. The lowest BCUT2D eigenvalue weighted by molar-refractivity contribution is -0.136. The lowest BCUT2D eigenvalue weighted by Crippen LogP contribution is -2.10. The minimum Gasteiger partial charge on any atom is -0.478 e. The van der Waals surface area contributed by atoms with E-state index in [1.54, 1.807) is 20.8 Å². The summed E-state index contributed by atoms with van der Waals surface area (Å²) in [5.74, 6) is -2.28. The average molecular weight is 258 g/mol. The fourth-order valence-electron chi connectivity index (χ4n) is 1.11. The lowest BCUT2D eigenvalue weighted by atomic mass is 10.0. The number of rotatable bonds is 4. The fraction of sp³-hybridized carbons (Fsp3) is 0.455. The average Bonchev–Trinajstić information content (AvgIpc) is 2.25. The molecule has 0 saturated carbocycles. The number of hydrogen-bond acceptors (Lipinski definition) is 3. The molecular weight excluding hydrogens is 240 g/mol. The molecule has 0 aliphatic rings. The third-order valence-corrected chi connectivity index (χ3v) is 1.84. The summed E-state index contributed by atoms with van der Waals surface area (Å²) < 4.78 is 0. The van der Waals surface area contributed by atoms with Crippen LogP contribution in [0.25, 0.3) is 0 Å². The van der Waals surface area contributed by atoms with Gasteiger partial charge in [0.05, 0.1) is 0 Å². The van der Waals surface area contributed by atoms with Crippen molar-refractivity contribution in [3.63, 3.8) is 0 Å². The van der Waals surface area contributed by atoms with Crippen molar-refractivity contribution in [2.45, 2.75) is 33.6 Å². The van der Waals surface area contributed by atoms with Crippen molar-refractivity contribution in [1.82, 2.24) is 0 Å². The topological polar surface area (TPSA) is 130 Å². The molecule has 0 fully saturated rings. The lowest BCUT2D eigenvalue weighted by Gasteiger charge is -2.03. The first-order valence-corrected chi connectivity index (χ1v) is 5.28. The van der Waals surface area contributed by atoms with Crippen LogP contribution < -0.4 is 5.73 Å². The predicted octanol–water partition coefficient (Wildman–Crippen LogP) is 1.43. The summed E-state index contributed by atoms with van der Waals surface area (Å²) in [5.41, 5.74) is 4.55. The number of carboxylic acid groups (broad SMARTS) is 2. The Kier molecular flexibility index (Phi) is 10.1. The van der Waals surface area contributed by atoms with Gasteiger partial charge in [0.15, 0.2) is 0 Å². The maximum atomic E-state index is 10.5. The minimum absolute atomic E-state index is 0.00926. The molecular formula is C11H18N2O5. The number of nitrogens with two attached hydrogens (primary N) is 1. The number of nitrogens with zero attached hydrogens (tertiary/aromatic N) is 1. The summed E-state index contributed by atoms with van der Waals surface area (Å²) in [4.78, 5) is 33.8. The molecule has 7 heteroatoms. The number of urea groups is 1. The number of hydrogen-bond donors (Lipinski definition) is 3. The van der Waals surface area contributed by atoms with Crippen LogP contribution in [-0.4, -0.2) is 34.4 Å². The molecule has 0 aromatic carbocycles. The van der Waals surface area contributed by atoms with Gasteiger partial charge in [-0.1, -0.05) is 13.8 Å². The van der Waals surface area contributed by atoms with Gasteiger partial charge in [-0.25, -0.2) is 19.4 Å². The molecule has 4 N–H and O–H groups in total. The molecule has 0 aromatic heterocycles. The van der Waals surface area contributed by atoms with Gasteiger partial charge in [-0.3, -0.25) is 0 Å². The van der Waals surface area contributed by atoms with Gasteiger partial charge in [0.2, 0.25) is 0 Å². The highest BCUT2D eigenvalue weighted by Gasteiger charge is 2.16. The van der Waals surface area contributed by atoms with E-state index in [2.05, 4.69) is 10.7 Å². The van der Waals surface area contributed by atoms with E-state index >= 15 is 0 Å². The largest absolute Gasteiger partial charge is 0.478 e. The van der Waals surface area contributed by atoms with Gasteiger partial charge in [-0.2, -0.15) is 0 Å². The van der Waals surface area contributed by atoms with Crippen LogP contribution in [0.1, 0.15) is 33.6 Å². The molecule has 0 rings (SSSR count). The van der Waals surface area contributed by atoms with Gasteiger partial charge < -0.3 is 15.9 Å². The number of amides is 2. The molecule has 102 valence electrons. The SMILES string of the molecule is CC/C(C(=O)O)=C(\CC)C(=O)O.CC=NC(N)=O. The molecule has 0 bridgehead atoms. The zero-order chi connectivity index (χ0) is 14.7. The van der Waals surface area contributed by atoms with Crippen molar-refractivity contribution >= 4 is 24.2 Å². The zero-order valence-corrected chi connectivity index (χ0v) is 10.6. The highest BCUT2D eigenvalue weighted by atomic mass is 16.4. The zero-order valence-electron chi connectivity index (χ0n) is 10.6. The van der Waals surface area contributed by atoms with Crippen molar-refractivity contribution in [3.05, 3.63) is 11.1 Å². The van der Waals surface area contributed by atoms with Gasteiger partial charge in [0.25, 0.3) is 0 Å². The Morgan fingerprint density at radius 1 is 1.06 bits per heavy atom. The van der Waals surface area contributed by atoms with Crippen molar-refractivity contribution in [1.29, 1.82) is 0 Å². The van der Waals surface area contributed by atoms with E-state index in [9.17, 15) is 14.4 Å². The van der Waals surface area contributed by atoms with Gasteiger partial charge in [-0.05, 0) is 19.8 Å². The molecule has 0 atom stereocenters. The van der Waals surface area contributed by atoms with E-state index in [4.69, 9.17) is 10.2 Å². The van der Waals surface area contributed by atoms with Crippen molar-refractivity contribution in [3.8, 4) is 0 Å². The molecule has 0 saturated heterocycles. The molecule has 0 unspecified atom stereocenters. The van der Waals surface area contributed by atoms with E-state index in [0.29, 0.717) is 0 Å². The second-order valence-electron chi connectivity index (χ2n) is 3.00. The van der Waals surface area contributed by atoms with Crippen LogP contribution in [0, 0.1) is 0 Å². The second-order valence-corrected chi connectivity index (χ2v) is 3.00. The van der Waals surface area contributed by atoms with Gasteiger partial charge in [-0.15, -0.1) is 0 Å².